The fraction of sp³-hybridized carbons (Fsp3) is 0.875. The molecule has 1 saturated carbocycles. The molecule has 0 aliphatic heterocycles. The minimum atomic E-state index is -3.54. The highest BCUT2D eigenvalue weighted by Crippen LogP contribution is 2.37. The van der Waals surface area contributed by atoms with Gasteiger partial charge in [-0.2, -0.15) is 5.26 Å². The molecule has 0 aromatic carbocycles. The number of hydrogen-bond donors (Lipinski definition) is 0. The lowest BCUT2D eigenvalue weighted by Gasteiger charge is -2.28. The van der Waals surface area contributed by atoms with Crippen LogP contribution >= 0.6 is 10.7 Å². The van der Waals surface area contributed by atoms with Crippen molar-refractivity contribution in [2.24, 2.45) is 5.41 Å². The predicted octanol–water partition coefficient (Wildman–Crippen LogP) is 2.03. The van der Waals surface area contributed by atoms with Crippen molar-refractivity contribution in [3.8, 4) is 6.07 Å². The van der Waals surface area contributed by atoms with E-state index in [2.05, 4.69) is 6.07 Å². The van der Waals surface area contributed by atoms with Gasteiger partial charge in [0.05, 0.1) is 17.2 Å². The standard InChI is InChI=1S/C8H12ClNO2S/c9-13(11,12)7-8(6-10)4-2-1-3-5-8/h1-5,7H2. The largest absolute Gasteiger partial charge is 0.234 e. The molecule has 0 aromatic heterocycles. The van der Waals surface area contributed by atoms with Crippen molar-refractivity contribution in [3.05, 3.63) is 0 Å². The van der Waals surface area contributed by atoms with E-state index >= 15 is 0 Å². The predicted molar refractivity (Wildman–Crippen MR) is 50.8 cm³/mol. The smallest absolute Gasteiger partial charge is 0.212 e. The van der Waals surface area contributed by atoms with Crippen LogP contribution in [0.5, 0.6) is 0 Å². The van der Waals surface area contributed by atoms with Gasteiger partial charge in [0.15, 0.2) is 0 Å². The van der Waals surface area contributed by atoms with Gasteiger partial charge in [0.1, 0.15) is 0 Å². The summed E-state index contributed by atoms with van der Waals surface area (Å²) >= 11 is 0. The van der Waals surface area contributed by atoms with Crippen LogP contribution in [0.2, 0.25) is 0 Å². The third kappa shape index (κ3) is 3.17. The minimum absolute atomic E-state index is 0.196. The van der Waals surface area contributed by atoms with Crippen LogP contribution in [-0.4, -0.2) is 14.2 Å². The average Bonchev–Trinajstić information content (AvgIpc) is 2.03. The summed E-state index contributed by atoms with van der Waals surface area (Å²) in [5, 5.41) is 8.93. The maximum Gasteiger partial charge on any atom is 0.234 e. The van der Waals surface area contributed by atoms with E-state index in [1.807, 2.05) is 0 Å². The van der Waals surface area contributed by atoms with Crippen LogP contribution in [-0.2, 0) is 9.05 Å². The molecule has 0 spiro atoms. The Morgan fingerprint density at radius 3 is 2.23 bits per heavy atom. The summed E-state index contributed by atoms with van der Waals surface area (Å²) in [6.07, 6.45) is 4.27. The Bertz CT molecular complexity index is 312. The van der Waals surface area contributed by atoms with E-state index in [0.29, 0.717) is 12.8 Å². The molecule has 0 radical (unpaired) electrons. The number of nitrogens with zero attached hydrogens (tertiary/aromatic N) is 1. The van der Waals surface area contributed by atoms with E-state index in [9.17, 15) is 8.42 Å². The topological polar surface area (TPSA) is 57.9 Å². The summed E-state index contributed by atoms with van der Waals surface area (Å²) in [4.78, 5) is 0. The summed E-state index contributed by atoms with van der Waals surface area (Å²) in [5.74, 6) is -0.196. The van der Waals surface area contributed by atoms with Crippen molar-refractivity contribution in [1.82, 2.24) is 0 Å². The van der Waals surface area contributed by atoms with Crippen molar-refractivity contribution in [2.45, 2.75) is 32.1 Å². The summed E-state index contributed by atoms with van der Waals surface area (Å²) in [6, 6.07) is 2.11. The number of rotatable bonds is 2. The van der Waals surface area contributed by atoms with Gasteiger partial charge in [-0.05, 0) is 12.8 Å². The average molecular weight is 222 g/mol. The monoisotopic (exact) mass is 221 g/mol. The molecule has 1 aliphatic carbocycles. The number of halogens is 1. The Morgan fingerprint density at radius 1 is 1.31 bits per heavy atom. The first kappa shape index (κ1) is 10.8. The van der Waals surface area contributed by atoms with Crippen molar-refractivity contribution < 1.29 is 8.42 Å². The summed E-state index contributed by atoms with van der Waals surface area (Å²) in [5.41, 5.74) is -0.709. The molecule has 1 rings (SSSR count). The molecule has 0 N–H and O–H groups in total. The van der Waals surface area contributed by atoms with E-state index in [-0.39, 0.29) is 5.75 Å². The molecule has 3 nitrogen and oxygen atoms in total. The molecule has 0 aromatic rings. The normalized spacial score (nSPS) is 22.2. The second-order valence-electron chi connectivity index (χ2n) is 3.64. The van der Waals surface area contributed by atoms with Gasteiger partial charge in [0.25, 0.3) is 0 Å². The van der Waals surface area contributed by atoms with Gasteiger partial charge in [-0.3, -0.25) is 0 Å². The number of nitriles is 1. The first-order chi connectivity index (χ1) is 5.97. The Balaban J connectivity index is 2.76. The highest BCUT2D eigenvalue weighted by molar-refractivity contribution is 8.13. The van der Waals surface area contributed by atoms with Gasteiger partial charge < -0.3 is 0 Å². The summed E-state index contributed by atoms with van der Waals surface area (Å²) in [7, 11) is 1.61. The fourth-order valence-electron chi connectivity index (χ4n) is 1.85. The van der Waals surface area contributed by atoms with Crippen molar-refractivity contribution in [2.75, 3.05) is 5.75 Å². The van der Waals surface area contributed by atoms with Crippen LogP contribution in [0.4, 0.5) is 0 Å². The first-order valence-corrected chi connectivity index (χ1v) is 6.79. The Morgan fingerprint density at radius 2 is 1.85 bits per heavy atom. The van der Waals surface area contributed by atoms with Gasteiger partial charge >= 0.3 is 0 Å². The van der Waals surface area contributed by atoms with Crippen LogP contribution in [0.15, 0.2) is 0 Å². The van der Waals surface area contributed by atoms with Crippen LogP contribution in [0, 0.1) is 16.7 Å². The second kappa shape index (κ2) is 3.85. The highest BCUT2D eigenvalue weighted by Gasteiger charge is 2.36. The second-order valence-corrected chi connectivity index (χ2v) is 6.41. The zero-order chi connectivity index (χ0) is 9.95. The molecule has 74 valence electrons. The zero-order valence-corrected chi connectivity index (χ0v) is 8.86. The molecule has 1 fully saturated rings. The molecule has 0 heterocycles. The van der Waals surface area contributed by atoms with E-state index < -0.39 is 14.5 Å². The highest BCUT2D eigenvalue weighted by atomic mass is 35.7. The SMILES string of the molecule is N#CC1(CS(=O)(=O)Cl)CCCCC1. The first-order valence-electron chi connectivity index (χ1n) is 4.31. The molecule has 0 bridgehead atoms. The third-order valence-corrected chi connectivity index (χ3v) is 3.72. The van der Waals surface area contributed by atoms with E-state index in [1.165, 1.54) is 0 Å². The lowest BCUT2D eigenvalue weighted by molar-refractivity contribution is 0.299. The third-order valence-electron chi connectivity index (χ3n) is 2.50. The summed E-state index contributed by atoms with van der Waals surface area (Å²) < 4.78 is 21.8. The van der Waals surface area contributed by atoms with E-state index in [0.717, 1.165) is 19.3 Å². The van der Waals surface area contributed by atoms with Crippen molar-refractivity contribution in [3.63, 3.8) is 0 Å². The van der Waals surface area contributed by atoms with Gasteiger partial charge in [-0.25, -0.2) is 8.42 Å². The van der Waals surface area contributed by atoms with Gasteiger partial charge in [0, 0.05) is 10.7 Å². The van der Waals surface area contributed by atoms with Crippen molar-refractivity contribution in [1.29, 1.82) is 5.26 Å². The number of hydrogen-bond acceptors (Lipinski definition) is 3. The molecule has 0 atom stereocenters. The molecular weight excluding hydrogens is 210 g/mol. The Hall–Kier alpha value is -0.270. The minimum Gasteiger partial charge on any atom is -0.212 e. The Labute approximate surface area is 83.1 Å². The van der Waals surface area contributed by atoms with Crippen LogP contribution in [0.25, 0.3) is 0 Å². The lowest BCUT2D eigenvalue weighted by atomic mass is 9.77. The lowest BCUT2D eigenvalue weighted by Crippen LogP contribution is -2.29. The van der Waals surface area contributed by atoms with Crippen LogP contribution in [0.1, 0.15) is 32.1 Å². The van der Waals surface area contributed by atoms with Gasteiger partial charge in [0.2, 0.25) is 9.05 Å². The maximum absolute atomic E-state index is 10.9. The van der Waals surface area contributed by atoms with E-state index in [1.54, 1.807) is 0 Å². The molecular formula is C8H12ClNO2S. The molecule has 1 aliphatic rings. The Kier molecular flexibility index (Phi) is 3.20. The van der Waals surface area contributed by atoms with Crippen molar-refractivity contribution >= 4 is 19.7 Å². The molecule has 5 heteroatoms. The van der Waals surface area contributed by atoms with Crippen LogP contribution in [0.3, 0.4) is 0 Å². The van der Waals surface area contributed by atoms with E-state index in [4.69, 9.17) is 15.9 Å². The maximum atomic E-state index is 10.9. The molecule has 0 unspecified atom stereocenters. The fourth-order valence-corrected chi connectivity index (χ4v) is 3.49. The summed E-state index contributed by atoms with van der Waals surface area (Å²) in [6.45, 7) is 0. The van der Waals surface area contributed by atoms with Crippen LogP contribution < -0.4 is 0 Å². The zero-order valence-electron chi connectivity index (χ0n) is 7.29. The van der Waals surface area contributed by atoms with Gasteiger partial charge in [-0.1, -0.05) is 19.3 Å². The molecule has 0 saturated heterocycles. The quantitative estimate of drug-likeness (QED) is 0.671. The molecule has 0 amide bonds. The molecule has 13 heavy (non-hydrogen) atoms. The van der Waals surface area contributed by atoms with Gasteiger partial charge in [-0.15, -0.1) is 0 Å².